The highest BCUT2D eigenvalue weighted by molar-refractivity contribution is 5.69. The zero-order chi connectivity index (χ0) is 28.5. The normalized spacial score (nSPS) is 16.5. The summed E-state index contributed by atoms with van der Waals surface area (Å²) in [6.45, 7) is 7.73. The third-order valence-corrected chi connectivity index (χ3v) is 7.91. The number of piperidine rings is 1. The molecule has 0 spiro atoms. The zero-order valence-electron chi connectivity index (χ0n) is 23.2. The van der Waals surface area contributed by atoms with Crippen LogP contribution < -0.4 is 10.6 Å². The maximum atomic E-state index is 15.3. The second-order valence-corrected chi connectivity index (χ2v) is 11.0. The molecule has 212 valence electrons. The number of anilines is 1. The number of rotatable bonds is 7. The number of aromatic nitrogens is 6. The van der Waals surface area contributed by atoms with E-state index < -0.39 is 5.82 Å². The minimum Gasteiger partial charge on any atom is -0.355 e. The van der Waals surface area contributed by atoms with E-state index in [9.17, 15) is 10.1 Å². The standard InChI is InChI=1S/C29H32FN9O2/c1-19(2)26-34-28(41-35-26)20-7-11-37(12-8-20)27-22(15-31)13-23(16-32-27)21-5-6-25(24(30)14-21)38-17-33-39(29(38)40)18-36-9-3-4-10-36/h5-6,13-14,16-17,19-20H,3-4,7-12,18H2,1-2H3. The Hall–Kier alpha value is -4.37. The number of nitrogens with zero attached hydrogens (tertiary/aromatic N) is 9. The van der Waals surface area contributed by atoms with Crippen LogP contribution in [0.3, 0.4) is 0 Å². The van der Waals surface area contributed by atoms with Crippen molar-refractivity contribution < 1.29 is 8.91 Å². The van der Waals surface area contributed by atoms with Crippen molar-refractivity contribution in [2.75, 3.05) is 31.1 Å². The first-order valence-corrected chi connectivity index (χ1v) is 14.1. The third kappa shape index (κ3) is 5.37. The van der Waals surface area contributed by atoms with Crippen molar-refractivity contribution in [2.24, 2.45) is 0 Å². The van der Waals surface area contributed by atoms with Crippen molar-refractivity contribution in [1.29, 1.82) is 5.26 Å². The molecule has 0 saturated carbocycles. The van der Waals surface area contributed by atoms with Crippen LogP contribution in [-0.2, 0) is 6.67 Å². The van der Waals surface area contributed by atoms with Gasteiger partial charge in [0, 0.05) is 36.7 Å². The van der Waals surface area contributed by atoms with Crippen LogP contribution in [-0.4, -0.2) is 60.6 Å². The van der Waals surface area contributed by atoms with Gasteiger partial charge in [-0.15, -0.1) is 0 Å². The van der Waals surface area contributed by atoms with Gasteiger partial charge in [0.1, 0.15) is 24.0 Å². The van der Waals surface area contributed by atoms with Gasteiger partial charge in [-0.3, -0.25) is 4.90 Å². The van der Waals surface area contributed by atoms with E-state index in [0.29, 0.717) is 48.2 Å². The Morgan fingerprint density at radius 1 is 1.12 bits per heavy atom. The third-order valence-electron chi connectivity index (χ3n) is 7.91. The van der Waals surface area contributed by atoms with Gasteiger partial charge in [-0.2, -0.15) is 20.0 Å². The molecule has 0 N–H and O–H groups in total. The molecule has 0 atom stereocenters. The summed E-state index contributed by atoms with van der Waals surface area (Å²) in [7, 11) is 0. The molecule has 2 fully saturated rings. The Morgan fingerprint density at radius 2 is 1.90 bits per heavy atom. The minimum absolute atomic E-state index is 0.126. The van der Waals surface area contributed by atoms with Crippen LogP contribution in [0.1, 0.15) is 68.6 Å². The minimum atomic E-state index is -0.559. The molecule has 0 amide bonds. The van der Waals surface area contributed by atoms with E-state index in [1.165, 1.54) is 21.6 Å². The first kappa shape index (κ1) is 26.8. The Bertz CT molecular complexity index is 1640. The molecule has 2 aliphatic heterocycles. The van der Waals surface area contributed by atoms with E-state index in [2.05, 4.69) is 36.1 Å². The largest absolute Gasteiger partial charge is 0.355 e. The van der Waals surface area contributed by atoms with E-state index in [4.69, 9.17) is 4.52 Å². The summed E-state index contributed by atoms with van der Waals surface area (Å²) >= 11 is 0. The Morgan fingerprint density at radius 3 is 2.59 bits per heavy atom. The number of halogens is 1. The number of hydrogen-bond acceptors (Lipinski definition) is 9. The van der Waals surface area contributed by atoms with Crippen LogP contribution in [0.25, 0.3) is 16.8 Å². The smallest absolute Gasteiger partial charge is 0.351 e. The van der Waals surface area contributed by atoms with Crippen molar-refractivity contribution in [2.45, 2.75) is 58.0 Å². The molecule has 0 aliphatic carbocycles. The highest BCUT2D eigenvalue weighted by Crippen LogP contribution is 2.32. The number of likely N-dealkylation sites (tertiary alicyclic amines) is 1. The van der Waals surface area contributed by atoms with Crippen molar-refractivity contribution in [3.05, 3.63) is 70.4 Å². The fourth-order valence-electron chi connectivity index (χ4n) is 5.53. The van der Waals surface area contributed by atoms with Gasteiger partial charge in [-0.25, -0.2) is 18.7 Å². The van der Waals surface area contributed by atoms with Crippen LogP contribution in [0, 0.1) is 17.1 Å². The lowest BCUT2D eigenvalue weighted by molar-refractivity contribution is 0.250. The van der Waals surface area contributed by atoms with Crippen molar-refractivity contribution >= 4 is 5.82 Å². The van der Waals surface area contributed by atoms with Gasteiger partial charge in [0.25, 0.3) is 0 Å². The summed E-state index contributed by atoms with van der Waals surface area (Å²) in [4.78, 5) is 26.3. The maximum absolute atomic E-state index is 15.3. The van der Waals surface area contributed by atoms with Gasteiger partial charge < -0.3 is 9.42 Å². The first-order chi connectivity index (χ1) is 19.9. The molecule has 5 heterocycles. The van der Waals surface area contributed by atoms with E-state index in [1.807, 2.05) is 13.8 Å². The molecule has 12 heteroatoms. The molecule has 6 rings (SSSR count). The average molecular weight is 558 g/mol. The fraction of sp³-hybridized carbons (Fsp3) is 0.448. The Balaban J connectivity index is 1.17. The van der Waals surface area contributed by atoms with Crippen LogP contribution in [0.15, 0.2) is 46.1 Å². The van der Waals surface area contributed by atoms with Crippen LogP contribution in [0.5, 0.6) is 0 Å². The van der Waals surface area contributed by atoms with Crippen molar-refractivity contribution in [3.63, 3.8) is 0 Å². The van der Waals surface area contributed by atoms with E-state index in [-0.39, 0.29) is 23.2 Å². The summed E-state index contributed by atoms with van der Waals surface area (Å²) in [6, 6.07) is 8.63. The quantitative estimate of drug-likeness (QED) is 0.331. The Kier molecular flexibility index (Phi) is 7.36. The maximum Gasteiger partial charge on any atom is 0.351 e. The van der Waals surface area contributed by atoms with Crippen LogP contribution in [0.4, 0.5) is 10.2 Å². The van der Waals surface area contributed by atoms with Gasteiger partial charge in [0.05, 0.1) is 17.9 Å². The van der Waals surface area contributed by atoms with Gasteiger partial charge >= 0.3 is 5.69 Å². The molecule has 3 aromatic heterocycles. The van der Waals surface area contributed by atoms with E-state index in [0.717, 1.165) is 44.6 Å². The van der Waals surface area contributed by atoms with E-state index in [1.54, 1.807) is 24.4 Å². The molecule has 1 aromatic carbocycles. The molecule has 11 nitrogen and oxygen atoms in total. The molecular weight excluding hydrogens is 525 g/mol. The number of nitriles is 1. The summed E-state index contributed by atoms with van der Waals surface area (Å²) in [6.07, 6.45) is 6.85. The van der Waals surface area contributed by atoms with Crippen LogP contribution in [0.2, 0.25) is 0 Å². The molecule has 0 unspecified atom stereocenters. The van der Waals surface area contributed by atoms with E-state index >= 15 is 4.39 Å². The number of hydrogen-bond donors (Lipinski definition) is 0. The SMILES string of the molecule is CC(C)c1noc(C2CCN(c3ncc(-c4ccc(-n5cnn(CN6CCCC6)c5=O)c(F)c4)cc3C#N)CC2)n1. The average Bonchev–Trinajstić information content (AvgIpc) is 3.76. The summed E-state index contributed by atoms with van der Waals surface area (Å²) in [5.74, 6) is 1.83. The lowest BCUT2D eigenvalue weighted by Crippen LogP contribution is -2.34. The summed E-state index contributed by atoms with van der Waals surface area (Å²) in [5.41, 5.74) is 1.35. The van der Waals surface area contributed by atoms with Crippen molar-refractivity contribution in [3.8, 4) is 22.9 Å². The second kappa shape index (κ2) is 11.2. The number of benzene rings is 1. The second-order valence-electron chi connectivity index (χ2n) is 11.0. The Labute approximate surface area is 236 Å². The molecular formula is C29H32FN9O2. The summed E-state index contributed by atoms with van der Waals surface area (Å²) in [5, 5.41) is 18.2. The molecule has 41 heavy (non-hydrogen) atoms. The molecule has 0 bridgehead atoms. The van der Waals surface area contributed by atoms with Gasteiger partial charge in [-0.05, 0) is 62.5 Å². The highest BCUT2D eigenvalue weighted by atomic mass is 19.1. The monoisotopic (exact) mass is 557 g/mol. The van der Waals surface area contributed by atoms with Crippen molar-refractivity contribution in [1.82, 2.24) is 34.4 Å². The van der Waals surface area contributed by atoms with Crippen LogP contribution >= 0.6 is 0 Å². The predicted octanol–water partition coefficient (Wildman–Crippen LogP) is 4.05. The summed E-state index contributed by atoms with van der Waals surface area (Å²) < 4.78 is 23.3. The highest BCUT2D eigenvalue weighted by Gasteiger charge is 2.27. The lowest BCUT2D eigenvalue weighted by Gasteiger charge is -2.31. The fourth-order valence-corrected chi connectivity index (χ4v) is 5.53. The predicted molar refractivity (Wildman–Crippen MR) is 149 cm³/mol. The lowest BCUT2D eigenvalue weighted by atomic mass is 9.96. The number of pyridine rings is 1. The molecule has 0 radical (unpaired) electrons. The molecule has 4 aromatic rings. The first-order valence-electron chi connectivity index (χ1n) is 14.1. The topological polar surface area (TPSA) is 122 Å². The van der Waals surface area contributed by atoms with Gasteiger partial charge in [-0.1, -0.05) is 25.1 Å². The molecule has 2 aliphatic rings. The molecule has 2 saturated heterocycles. The zero-order valence-corrected chi connectivity index (χ0v) is 23.2. The van der Waals surface area contributed by atoms with Gasteiger partial charge in [0.15, 0.2) is 5.82 Å². The van der Waals surface area contributed by atoms with Gasteiger partial charge in [0.2, 0.25) is 5.89 Å².